The topological polar surface area (TPSA) is 67.6 Å². The molecule has 5 nitrogen and oxygen atoms in total. The third-order valence-corrected chi connectivity index (χ3v) is 6.43. The molecule has 2 saturated carbocycles. The van der Waals surface area contributed by atoms with Crippen LogP contribution in [-0.4, -0.2) is 54.2 Å². The van der Waals surface area contributed by atoms with E-state index in [1.807, 2.05) is 0 Å². The molecule has 3 aliphatic rings. The number of amides is 1. The van der Waals surface area contributed by atoms with E-state index in [2.05, 4.69) is 37.9 Å². The van der Waals surface area contributed by atoms with Gasteiger partial charge in [-0.05, 0) is 57.3 Å². The Balaban J connectivity index is 1.69. The van der Waals surface area contributed by atoms with E-state index in [1.165, 1.54) is 19.3 Å². The first-order valence-electron chi connectivity index (χ1n) is 10.3. The molecule has 1 amide bonds. The van der Waals surface area contributed by atoms with Gasteiger partial charge in [-0.2, -0.15) is 0 Å². The number of hydrogen-bond donors (Lipinski definition) is 2. The zero-order chi connectivity index (χ0) is 18.1. The molecule has 25 heavy (non-hydrogen) atoms. The third kappa shape index (κ3) is 4.37. The Kier molecular flexibility index (Phi) is 6.07. The quantitative estimate of drug-likeness (QED) is 0.814. The van der Waals surface area contributed by atoms with E-state index in [4.69, 9.17) is 10.5 Å². The van der Waals surface area contributed by atoms with Crippen molar-refractivity contribution in [2.45, 2.75) is 90.1 Å². The Bertz CT molecular complexity index is 446. The zero-order valence-electron chi connectivity index (χ0n) is 16.4. The van der Waals surface area contributed by atoms with Crippen molar-refractivity contribution in [1.82, 2.24) is 10.2 Å². The number of nitrogens with zero attached hydrogens (tertiary/aromatic N) is 1. The van der Waals surface area contributed by atoms with Gasteiger partial charge >= 0.3 is 0 Å². The molecule has 3 rings (SSSR count). The van der Waals surface area contributed by atoms with Gasteiger partial charge in [0.1, 0.15) is 0 Å². The van der Waals surface area contributed by atoms with Crippen LogP contribution in [0.15, 0.2) is 0 Å². The van der Waals surface area contributed by atoms with Gasteiger partial charge in [0, 0.05) is 25.2 Å². The summed E-state index contributed by atoms with van der Waals surface area (Å²) < 4.78 is 5.86. The highest BCUT2D eigenvalue weighted by Gasteiger charge is 2.42. The highest BCUT2D eigenvalue weighted by Crippen LogP contribution is 2.39. The third-order valence-electron chi connectivity index (χ3n) is 6.43. The second-order valence-electron chi connectivity index (χ2n) is 9.12. The van der Waals surface area contributed by atoms with Gasteiger partial charge < -0.3 is 15.8 Å². The zero-order valence-corrected chi connectivity index (χ0v) is 16.4. The van der Waals surface area contributed by atoms with E-state index < -0.39 is 0 Å². The molecular weight excluding hydrogens is 314 g/mol. The fourth-order valence-electron chi connectivity index (χ4n) is 5.61. The van der Waals surface area contributed by atoms with Crippen LogP contribution in [0.5, 0.6) is 0 Å². The van der Waals surface area contributed by atoms with E-state index in [0.29, 0.717) is 29.8 Å². The SMILES string of the molecule is CC1CN(C(C(=O)NC2C3CCCC2CC(N)C3)C(C)C)CC(C)O1. The van der Waals surface area contributed by atoms with Crippen LogP contribution in [0.1, 0.15) is 59.8 Å². The van der Waals surface area contributed by atoms with E-state index >= 15 is 0 Å². The van der Waals surface area contributed by atoms with Crippen molar-refractivity contribution < 1.29 is 9.53 Å². The molecule has 0 aromatic heterocycles. The van der Waals surface area contributed by atoms with E-state index in [9.17, 15) is 4.79 Å². The fraction of sp³-hybridized carbons (Fsp3) is 0.950. The maximum atomic E-state index is 13.3. The standard InChI is InChI=1S/C20H37N3O2/c1-12(2)19(23-10-13(3)25-14(4)11-23)20(24)22-18-15-6-5-7-16(18)9-17(21)8-15/h12-19H,5-11,21H2,1-4H3,(H,22,24). The molecule has 0 spiro atoms. The largest absolute Gasteiger partial charge is 0.373 e. The molecular formula is C20H37N3O2. The molecule has 2 bridgehead atoms. The van der Waals surface area contributed by atoms with Gasteiger partial charge in [-0.15, -0.1) is 0 Å². The summed E-state index contributed by atoms with van der Waals surface area (Å²) in [4.78, 5) is 15.6. The summed E-state index contributed by atoms with van der Waals surface area (Å²) in [7, 11) is 0. The molecule has 3 fully saturated rings. The molecule has 144 valence electrons. The maximum Gasteiger partial charge on any atom is 0.237 e. The van der Waals surface area contributed by atoms with Crippen molar-refractivity contribution >= 4 is 5.91 Å². The summed E-state index contributed by atoms with van der Waals surface area (Å²) >= 11 is 0. The van der Waals surface area contributed by atoms with Crippen molar-refractivity contribution in [3.8, 4) is 0 Å². The molecule has 1 aliphatic heterocycles. The summed E-state index contributed by atoms with van der Waals surface area (Å²) in [6, 6.07) is 0.591. The molecule has 1 heterocycles. The van der Waals surface area contributed by atoms with Crippen LogP contribution in [0.3, 0.4) is 0 Å². The first-order chi connectivity index (χ1) is 11.8. The molecule has 2 aliphatic carbocycles. The van der Waals surface area contributed by atoms with Gasteiger partial charge in [0.2, 0.25) is 5.91 Å². The summed E-state index contributed by atoms with van der Waals surface area (Å²) in [5.41, 5.74) is 6.24. The van der Waals surface area contributed by atoms with Crippen molar-refractivity contribution in [1.29, 1.82) is 0 Å². The maximum absolute atomic E-state index is 13.3. The van der Waals surface area contributed by atoms with E-state index in [1.54, 1.807) is 0 Å². The van der Waals surface area contributed by atoms with Gasteiger partial charge in [0.15, 0.2) is 0 Å². The minimum atomic E-state index is -0.0647. The first-order valence-corrected chi connectivity index (χ1v) is 10.3. The van der Waals surface area contributed by atoms with Gasteiger partial charge in [-0.25, -0.2) is 0 Å². The second kappa shape index (κ2) is 7.93. The van der Waals surface area contributed by atoms with Crippen LogP contribution in [0.4, 0.5) is 0 Å². The average Bonchev–Trinajstić information content (AvgIpc) is 2.46. The molecule has 5 heteroatoms. The number of fused-ring (bicyclic) bond motifs is 2. The predicted octanol–water partition coefficient (Wildman–Crippen LogP) is 2.14. The number of nitrogens with two attached hydrogens (primary N) is 1. The number of ether oxygens (including phenoxy) is 1. The van der Waals surface area contributed by atoms with Gasteiger partial charge in [-0.3, -0.25) is 9.69 Å². The Morgan fingerprint density at radius 3 is 2.20 bits per heavy atom. The Hall–Kier alpha value is -0.650. The lowest BCUT2D eigenvalue weighted by atomic mass is 9.67. The smallest absolute Gasteiger partial charge is 0.237 e. The second-order valence-corrected chi connectivity index (χ2v) is 9.12. The summed E-state index contributed by atoms with van der Waals surface area (Å²) in [6.45, 7) is 10.2. The monoisotopic (exact) mass is 351 g/mol. The highest BCUT2D eigenvalue weighted by atomic mass is 16.5. The van der Waals surface area contributed by atoms with Crippen LogP contribution in [-0.2, 0) is 9.53 Å². The first kappa shape index (κ1) is 19.1. The highest BCUT2D eigenvalue weighted by molar-refractivity contribution is 5.82. The summed E-state index contributed by atoms with van der Waals surface area (Å²) in [6.07, 6.45) is 6.23. The number of nitrogens with one attached hydrogen (secondary N) is 1. The van der Waals surface area contributed by atoms with Gasteiger partial charge in [0.25, 0.3) is 0 Å². The molecule has 0 aromatic carbocycles. The van der Waals surface area contributed by atoms with Gasteiger partial charge in [0.05, 0.1) is 18.2 Å². The lowest BCUT2D eigenvalue weighted by Gasteiger charge is -2.47. The Morgan fingerprint density at radius 2 is 1.68 bits per heavy atom. The van der Waals surface area contributed by atoms with Crippen LogP contribution < -0.4 is 11.1 Å². The van der Waals surface area contributed by atoms with E-state index in [-0.39, 0.29) is 24.2 Å². The number of rotatable bonds is 4. The van der Waals surface area contributed by atoms with E-state index in [0.717, 1.165) is 25.9 Å². The number of morpholine rings is 1. The molecule has 0 aromatic rings. The van der Waals surface area contributed by atoms with Crippen molar-refractivity contribution in [3.05, 3.63) is 0 Å². The van der Waals surface area contributed by atoms with Crippen molar-refractivity contribution in [2.24, 2.45) is 23.5 Å². The van der Waals surface area contributed by atoms with Crippen LogP contribution in [0.25, 0.3) is 0 Å². The normalized spacial score (nSPS) is 40.7. The molecule has 5 atom stereocenters. The van der Waals surface area contributed by atoms with Crippen molar-refractivity contribution in [3.63, 3.8) is 0 Å². The Morgan fingerprint density at radius 1 is 1.12 bits per heavy atom. The molecule has 1 saturated heterocycles. The number of carbonyl (C=O) groups is 1. The van der Waals surface area contributed by atoms with Gasteiger partial charge in [-0.1, -0.05) is 20.3 Å². The lowest BCUT2D eigenvalue weighted by molar-refractivity contribution is -0.137. The average molecular weight is 352 g/mol. The van der Waals surface area contributed by atoms with Crippen LogP contribution >= 0.6 is 0 Å². The number of hydrogen-bond acceptors (Lipinski definition) is 4. The minimum absolute atomic E-state index is 0.0647. The summed E-state index contributed by atoms with van der Waals surface area (Å²) in [5, 5.41) is 3.47. The summed E-state index contributed by atoms with van der Waals surface area (Å²) in [5.74, 6) is 1.65. The fourth-order valence-corrected chi connectivity index (χ4v) is 5.61. The molecule has 3 N–H and O–H groups in total. The predicted molar refractivity (Wildman–Crippen MR) is 100 cm³/mol. The van der Waals surface area contributed by atoms with Crippen LogP contribution in [0, 0.1) is 17.8 Å². The van der Waals surface area contributed by atoms with Crippen LogP contribution in [0.2, 0.25) is 0 Å². The number of carbonyl (C=O) groups excluding carboxylic acids is 1. The minimum Gasteiger partial charge on any atom is -0.373 e. The van der Waals surface area contributed by atoms with Crippen molar-refractivity contribution in [2.75, 3.05) is 13.1 Å². The molecule has 5 unspecified atom stereocenters. The molecule has 0 radical (unpaired) electrons. The Labute approximate surface area is 153 Å². The lowest BCUT2D eigenvalue weighted by Crippen LogP contribution is -2.61.